The number of rotatable bonds is 2. The predicted molar refractivity (Wildman–Crippen MR) is 49.8 cm³/mol. The number of nitrogens with zero attached hydrogens (tertiary/aromatic N) is 2. The SMILES string of the molecule is N#CC1CCCCN1CC=CCl. The maximum atomic E-state index is 8.81. The van der Waals surface area contributed by atoms with Crippen LogP contribution in [0, 0.1) is 11.3 Å². The fraction of sp³-hybridized carbons (Fsp3) is 0.667. The van der Waals surface area contributed by atoms with Crippen molar-refractivity contribution in [2.24, 2.45) is 0 Å². The van der Waals surface area contributed by atoms with Crippen molar-refractivity contribution in [3.63, 3.8) is 0 Å². The highest BCUT2D eigenvalue weighted by Crippen LogP contribution is 2.15. The van der Waals surface area contributed by atoms with E-state index in [9.17, 15) is 0 Å². The topological polar surface area (TPSA) is 27.0 Å². The van der Waals surface area contributed by atoms with Crippen LogP contribution in [0.5, 0.6) is 0 Å². The Hall–Kier alpha value is -0.520. The summed E-state index contributed by atoms with van der Waals surface area (Å²) in [6, 6.07) is 2.42. The number of halogens is 1. The molecule has 1 aliphatic heterocycles. The Bertz CT molecular complexity index is 195. The first-order chi connectivity index (χ1) is 5.88. The second-order valence-electron chi connectivity index (χ2n) is 3.00. The van der Waals surface area contributed by atoms with Crippen molar-refractivity contribution in [3.8, 4) is 6.07 Å². The zero-order valence-electron chi connectivity index (χ0n) is 7.04. The van der Waals surface area contributed by atoms with Gasteiger partial charge in [0.15, 0.2) is 0 Å². The van der Waals surface area contributed by atoms with Gasteiger partial charge in [0.2, 0.25) is 0 Å². The second-order valence-corrected chi connectivity index (χ2v) is 3.25. The van der Waals surface area contributed by atoms with Gasteiger partial charge in [0.25, 0.3) is 0 Å². The van der Waals surface area contributed by atoms with E-state index in [2.05, 4.69) is 11.0 Å². The van der Waals surface area contributed by atoms with Crippen LogP contribution >= 0.6 is 11.6 Å². The Morgan fingerprint density at radius 3 is 3.08 bits per heavy atom. The third-order valence-corrected chi connectivity index (χ3v) is 2.37. The van der Waals surface area contributed by atoms with E-state index in [1.54, 1.807) is 0 Å². The van der Waals surface area contributed by atoms with Crippen LogP contribution in [0.15, 0.2) is 11.6 Å². The van der Waals surface area contributed by atoms with Gasteiger partial charge in [0.1, 0.15) is 0 Å². The quantitative estimate of drug-likeness (QED) is 0.658. The summed E-state index contributed by atoms with van der Waals surface area (Å²) in [6.45, 7) is 1.83. The molecule has 1 heterocycles. The molecule has 1 rings (SSSR count). The zero-order valence-corrected chi connectivity index (χ0v) is 7.80. The molecule has 0 aromatic rings. The highest BCUT2D eigenvalue weighted by molar-refractivity contribution is 6.25. The van der Waals surface area contributed by atoms with E-state index in [4.69, 9.17) is 16.9 Å². The van der Waals surface area contributed by atoms with E-state index in [0.717, 1.165) is 19.5 Å². The standard InChI is InChI=1S/C9H13ClN2/c10-5-3-7-12-6-2-1-4-9(12)8-11/h3,5,9H,1-2,4,6-7H2. The van der Waals surface area contributed by atoms with Crippen LogP contribution < -0.4 is 0 Å². The van der Waals surface area contributed by atoms with Crippen molar-refractivity contribution in [3.05, 3.63) is 11.6 Å². The molecule has 0 bridgehead atoms. The summed E-state index contributed by atoms with van der Waals surface area (Å²) in [7, 11) is 0. The van der Waals surface area contributed by atoms with Crippen molar-refractivity contribution in [2.75, 3.05) is 13.1 Å². The minimum absolute atomic E-state index is 0.103. The summed E-state index contributed by atoms with van der Waals surface area (Å²) in [5, 5.41) is 8.81. The van der Waals surface area contributed by atoms with Gasteiger partial charge in [-0.1, -0.05) is 17.7 Å². The van der Waals surface area contributed by atoms with Gasteiger partial charge in [-0.3, -0.25) is 4.90 Å². The monoisotopic (exact) mass is 184 g/mol. The lowest BCUT2D eigenvalue weighted by Crippen LogP contribution is -2.38. The maximum absolute atomic E-state index is 8.81. The first kappa shape index (κ1) is 9.57. The molecular weight excluding hydrogens is 172 g/mol. The second kappa shape index (κ2) is 5.18. The Labute approximate surface area is 78.4 Å². The number of piperidine rings is 1. The van der Waals surface area contributed by atoms with Gasteiger partial charge < -0.3 is 0 Å². The maximum Gasteiger partial charge on any atom is 0.0980 e. The number of nitriles is 1. The summed E-state index contributed by atoms with van der Waals surface area (Å²) in [5.41, 5.74) is 1.52. The van der Waals surface area contributed by atoms with Crippen LogP contribution in [0.2, 0.25) is 0 Å². The Morgan fingerprint density at radius 1 is 1.58 bits per heavy atom. The number of hydrogen-bond donors (Lipinski definition) is 0. The van der Waals surface area contributed by atoms with Crippen LogP contribution in [-0.2, 0) is 0 Å². The van der Waals surface area contributed by atoms with E-state index in [-0.39, 0.29) is 6.04 Å². The summed E-state index contributed by atoms with van der Waals surface area (Å²) in [5.74, 6) is 0. The van der Waals surface area contributed by atoms with Crippen molar-refractivity contribution in [1.29, 1.82) is 5.26 Å². The lowest BCUT2D eigenvalue weighted by molar-refractivity contribution is 0.204. The molecule has 1 atom stereocenters. The summed E-state index contributed by atoms with van der Waals surface area (Å²) < 4.78 is 0. The fourth-order valence-electron chi connectivity index (χ4n) is 1.53. The first-order valence-electron chi connectivity index (χ1n) is 4.27. The molecule has 1 saturated heterocycles. The van der Waals surface area contributed by atoms with Crippen molar-refractivity contribution in [2.45, 2.75) is 25.3 Å². The third-order valence-electron chi connectivity index (χ3n) is 2.19. The Morgan fingerprint density at radius 2 is 2.42 bits per heavy atom. The van der Waals surface area contributed by atoms with E-state index in [1.165, 1.54) is 18.4 Å². The van der Waals surface area contributed by atoms with Gasteiger partial charge in [-0.15, -0.1) is 0 Å². The fourth-order valence-corrected chi connectivity index (χ4v) is 1.61. The van der Waals surface area contributed by atoms with Crippen molar-refractivity contribution < 1.29 is 0 Å². The van der Waals surface area contributed by atoms with Crippen molar-refractivity contribution >= 4 is 11.6 Å². The molecule has 0 saturated carbocycles. The van der Waals surface area contributed by atoms with E-state index in [1.807, 2.05) is 6.08 Å². The highest BCUT2D eigenvalue weighted by Gasteiger charge is 2.20. The minimum atomic E-state index is 0.103. The summed E-state index contributed by atoms with van der Waals surface area (Å²) >= 11 is 5.42. The van der Waals surface area contributed by atoms with Gasteiger partial charge in [-0.25, -0.2) is 0 Å². The zero-order chi connectivity index (χ0) is 8.81. The number of likely N-dealkylation sites (tertiary alicyclic amines) is 1. The first-order valence-corrected chi connectivity index (χ1v) is 4.71. The summed E-state index contributed by atoms with van der Waals surface area (Å²) in [4.78, 5) is 2.17. The lowest BCUT2D eigenvalue weighted by atomic mass is 10.0. The number of hydrogen-bond acceptors (Lipinski definition) is 2. The van der Waals surface area contributed by atoms with Gasteiger partial charge in [-0.2, -0.15) is 5.26 Å². The third kappa shape index (κ3) is 2.51. The lowest BCUT2D eigenvalue weighted by Gasteiger charge is -2.29. The largest absolute Gasteiger partial charge is 0.284 e. The highest BCUT2D eigenvalue weighted by atomic mass is 35.5. The van der Waals surface area contributed by atoms with Crippen LogP contribution in [0.3, 0.4) is 0 Å². The van der Waals surface area contributed by atoms with Gasteiger partial charge in [0, 0.05) is 12.1 Å². The average Bonchev–Trinajstić information content (AvgIpc) is 2.15. The molecule has 0 N–H and O–H groups in total. The molecule has 0 aromatic carbocycles. The van der Waals surface area contributed by atoms with Crippen LogP contribution in [0.4, 0.5) is 0 Å². The van der Waals surface area contributed by atoms with Crippen LogP contribution in [0.25, 0.3) is 0 Å². The van der Waals surface area contributed by atoms with E-state index >= 15 is 0 Å². The van der Waals surface area contributed by atoms with Crippen molar-refractivity contribution in [1.82, 2.24) is 4.90 Å². The Balaban J connectivity index is 2.42. The van der Waals surface area contributed by atoms with Gasteiger partial charge >= 0.3 is 0 Å². The predicted octanol–water partition coefficient (Wildman–Crippen LogP) is 2.12. The molecule has 0 aromatic heterocycles. The van der Waals surface area contributed by atoms with E-state index < -0.39 is 0 Å². The molecular formula is C9H13ClN2. The smallest absolute Gasteiger partial charge is 0.0980 e. The van der Waals surface area contributed by atoms with Gasteiger partial charge in [0.05, 0.1) is 12.1 Å². The summed E-state index contributed by atoms with van der Waals surface area (Å²) in [6.07, 6.45) is 5.28. The molecule has 0 aliphatic carbocycles. The molecule has 2 nitrogen and oxygen atoms in total. The molecule has 0 radical (unpaired) electrons. The van der Waals surface area contributed by atoms with E-state index in [0.29, 0.717) is 0 Å². The molecule has 1 unspecified atom stereocenters. The molecule has 1 fully saturated rings. The molecule has 66 valence electrons. The van der Waals surface area contributed by atoms with Crippen LogP contribution in [0.1, 0.15) is 19.3 Å². The molecule has 0 amide bonds. The molecule has 0 spiro atoms. The molecule has 3 heteroatoms. The average molecular weight is 185 g/mol. The molecule has 1 aliphatic rings. The van der Waals surface area contributed by atoms with Gasteiger partial charge in [-0.05, 0) is 25.8 Å². The normalized spacial score (nSPS) is 25.8. The van der Waals surface area contributed by atoms with Crippen LogP contribution in [-0.4, -0.2) is 24.0 Å². The minimum Gasteiger partial charge on any atom is -0.284 e. The molecule has 12 heavy (non-hydrogen) atoms. The Kier molecular flexibility index (Phi) is 4.13.